The highest BCUT2D eigenvalue weighted by molar-refractivity contribution is 6.30. The van der Waals surface area contributed by atoms with Gasteiger partial charge in [-0.2, -0.15) is 0 Å². The van der Waals surface area contributed by atoms with Crippen LogP contribution in [0.15, 0.2) is 24.3 Å². The minimum absolute atomic E-state index is 0.119. The van der Waals surface area contributed by atoms with Gasteiger partial charge in [-0.15, -0.1) is 0 Å². The molecule has 0 amide bonds. The third-order valence-corrected chi connectivity index (χ3v) is 3.32. The van der Waals surface area contributed by atoms with E-state index in [0.717, 1.165) is 18.4 Å². The number of ketones is 1. The third kappa shape index (κ3) is 4.91. The lowest BCUT2D eigenvalue weighted by Crippen LogP contribution is -2.11. The number of hydrogen-bond acceptors (Lipinski definition) is 1. The van der Waals surface area contributed by atoms with Gasteiger partial charge < -0.3 is 0 Å². The fraction of sp³-hybridized carbons (Fsp3) is 0.533. The van der Waals surface area contributed by atoms with Gasteiger partial charge in [-0.25, -0.2) is 0 Å². The maximum absolute atomic E-state index is 12.1. The predicted molar refractivity (Wildman–Crippen MR) is 73.7 cm³/mol. The molecule has 0 N–H and O–H groups in total. The lowest BCUT2D eigenvalue weighted by molar-refractivity contribution is 0.0922. The molecule has 1 atom stereocenters. The van der Waals surface area contributed by atoms with E-state index in [9.17, 15) is 4.79 Å². The molecule has 1 unspecified atom stereocenters. The van der Waals surface area contributed by atoms with Crippen molar-refractivity contribution < 1.29 is 4.79 Å². The molecule has 0 spiro atoms. The summed E-state index contributed by atoms with van der Waals surface area (Å²) in [6.45, 7) is 4.21. The molecule has 0 aromatic heterocycles. The van der Waals surface area contributed by atoms with Gasteiger partial charge in [0.1, 0.15) is 0 Å². The Morgan fingerprint density at radius 1 is 1.18 bits per heavy atom. The van der Waals surface area contributed by atoms with Gasteiger partial charge in [0.2, 0.25) is 0 Å². The van der Waals surface area contributed by atoms with Crippen molar-refractivity contribution >= 4 is 17.4 Å². The maximum atomic E-state index is 12.1. The monoisotopic (exact) mass is 252 g/mol. The van der Waals surface area contributed by atoms with Crippen molar-refractivity contribution in [2.24, 2.45) is 5.92 Å². The second-order valence-corrected chi connectivity index (χ2v) is 5.06. The number of benzene rings is 1. The molecule has 1 nitrogen and oxygen atoms in total. The van der Waals surface area contributed by atoms with Crippen LogP contribution in [-0.2, 0) is 0 Å². The minimum Gasteiger partial charge on any atom is -0.294 e. The Balaban J connectivity index is 2.43. The van der Waals surface area contributed by atoms with Crippen LogP contribution in [0.1, 0.15) is 56.3 Å². The van der Waals surface area contributed by atoms with E-state index in [1.807, 2.05) is 19.1 Å². The number of halogens is 1. The predicted octanol–water partition coefficient (Wildman–Crippen LogP) is 5.13. The van der Waals surface area contributed by atoms with Crippen LogP contribution in [0, 0.1) is 5.92 Å². The summed E-state index contributed by atoms with van der Waals surface area (Å²) in [4.78, 5) is 12.1. The fourth-order valence-electron chi connectivity index (χ4n) is 1.91. The van der Waals surface area contributed by atoms with Crippen molar-refractivity contribution in [3.8, 4) is 0 Å². The van der Waals surface area contributed by atoms with Crippen LogP contribution in [0.5, 0.6) is 0 Å². The molecule has 0 aliphatic rings. The van der Waals surface area contributed by atoms with Gasteiger partial charge >= 0.3 is 0 Å². The molecule has 0 saturated carbocycles. The largest absolute Gasteiger partial charge is 0.294 e. The number of unbranched alkanes of at least 4 members (excludes halogenated alkanes) is 3. The Kier molecular flexibility index (Phi) is 6.28. The first-order valence-corrected chi connectivity index (χ1v) is 6.82. The summed E-state index contributed by atoms with van der Waals surface area (Å²) in [7, 11) is 0. The molecule has 1 aromatic rings. The Hall–Kier alpha value is -0.820. The first-order valence-electron chi connectivity index (χ1n) is 6.45. The molecule has 0 aliphatic heterocycles. The van der Waals surface area contributed by atoms with Crippen LogP contribution in [-0.4, -0.2) is 5.78 Å². The topological polar surface area (TPSA) is 17.1 Å². The number of Topliss-reactive ketones (excluding diaryl/α,β-unsaturated/α-hetero) is 1. The highest BCUT2D eigenvalue weighted by atomic mass is 35.5. The van der Waals surface area contributed by atoms with Crippen molar-refractivity contribution in [1.29, 1.82) is 0 Å². The zero-order valence-electron chi connectivity index (χ0n) is 10.7. The molecule has 0 heterocycles. The first kappa shape index (κ1) is 14.2. The van der Waals surface area contributed by atoms with Gasteiger partial charge in [0.15, 0.2) is 5.78 Å². The minimum atomic E-state index is 0.119. The normalized spacial score (nSPS) is 12.4. The first-order chi connectivity index (χ1) is 8.15. The van der Waals surface area contributed by atoms with Crippen molar-refractivity contribution in [1.82, 2.24) is 0 Å². The van der Waals surface area contributed by atoms with Gasteiger partial charge in [-0.3, -0.25) is 4.79 Å². The summed E-state index contributed by atoms with van der Waals surface area (Å²) in [5.74, 6) is 0.353. The summed E-state index contributed by atoms with van der Waals surface area (Å²) < 4.78 is 0. The lowest BCUT2D eigenvalue weighted by atomic mass is 9.94. The van der Waals surface area contributed by atoms with E-state index in [4.69, 9.17) is 11.6 Å². The van der Waals surface area contributed by atoms with Gasteiger partial charge in [0.25, 0.3) is 0 Å². The zero-order valence-corrected chi connectivity index (χ0v) is 11.5. The third-order valence-electron chi connectivity index (χ3n) is 3.07. The Morgan fingerprint density at radius 2 is 1.82 bits per heavy atom. The van der Waals surface area contributed by atoms with Crippen molar-refractivity contribution in [2.45, 2.75) is 46.0 Å². The van der Waals surface area contributed by atoms with Crippen molar-refractivity contribution in [2.75, 3.05) is 0 Å². The van der Waals surface area contributed by atoms with E-state index in [1.54, 1.807) is 12.1 Å². The molecule has 1 rings (SSSR count). The average Bonchev–Trinajstić information content (AvgIpc) is 2.34. The Bertz CT molecular complexity index is 342. The molecule has 0 fully saturated rings. The number of carbonyl (C=O) groups excluding carboxylic acids is 1. The van der Waals surface area contributed by atoms with Gasteiger partial charge in [0, 0.05) is 16.5 Å². The fourth-order valence-corrected chi connectivity index (χ4v) is 2.03. The standard InChI is InChI=1S/C15H21ClO/c1-3-4-5-6-7-12(2)15(17)13-8-10-14(16)11-9-13/h8-12H,3-7H2,1-2H3. The summed E-state index contributed by atoms with van der Waals surface area (Å²) in [5.41, 5.74) is 0.775. The molecule has 1 aromatic carbocycles. The van der Waals surface area contributed by atoms with Crippen LogP contribution >= 0.6 is 11.6 Å². The molecule has 17 heavy (non-hydrogen) atoms. The van der Waals surface area contributed by atoms with E-state index in [-0.39, 0.29) is 11.7 Å². The Labute approximate surface area is 109 Å². The highest BCUT2D eigenvalue weighted by Crippen LogP contribution is 2.17. The SMILES string of the molecule is CCCCCCC(C)C(=O)c1ccc(Cl)cc1. The molecule has 0 saturated heterocycles. The number of hydrogen-bond donors (Lipinski definition) is 0. The van der Waals surface area contributed by atoms with E-state index in [2.05, 4.69) is 6.92 Å². The molecule has 2 heteroatoms. The van der Waals surface area contributed by atoms with Crippen LogP contribution in [0.4, 0.5) is 0 Å². The summed E-state index contributed by atoms with van der Waals surface area (Å²) in [6.07, 6.45) is 5.87. The quantitative estimate of drug-likeness (QED) is 0.486. The second-order valence-electron chi connectivity index (χ2n) is 4.62. The van der Waals surface area contributed by atoms with Gasteiger partial charge in [-0.1, -0.05) is 51.1 Å². The summed E-state index contributed by atoms with van der Waals surface area (Å²) in [5, 5.41) is 0.678. The smallest absolute Gasteiger partial charge is 0.165 e. The lowest BCUT2D eigenvalue weighted by Gasteiger charge is -2.10. The maximum Gasteiger partial charge on any atom is 0.165 e. The molecular weight excluding hydrogens is 232 g/mol. The molecule has 94 valence electrons. The van der Waals surface area contributed by atoms with Crippen LogP contribution < -0.4 is 0 Å². The molecular formula is C15H21ClO. The summed E-state index contributed by atoms with van der Waals surface area (Å²) >= 11 is 5.80. The van der Waals surface area contributed by atoms with Crippen LogP contribution in [0.3, 0.4) is 0 Å². The van der Waals surface area contributed by atoms with Crippen LogP contribution in [0.25, 0.3) is 0 Å². The molecule has 0 aliphatic carbocycles. The molecule has 0 bridgehead atoms. The number of carbonyl (C=O) groups is 1. The van der Waals surface area contributed by atoms with E-state index < -0.39 is 0 Å². The van der Waals surface area contributed by atoms with Crippen LogP contribution in [0.2, 0.25) is 5.02 Å². The highest BCUT2D eigenvalue weighted by Gasteiger charge is 2.14. The van der Waals surface area contributed by atoms with E-state index in [0.29, 0.717) is 5.02 Å². The second kappa shape index (κ2) is 7.50. The Morgan fingerprint density at radius 3 is 2.41 bits per heavy atom. The van der Waals surface area contributed by atoms with E-state index in [1.165, 1.54) is 19.3 Å². The van der Waals surface area contributed by atoms with Crippen molar-refractivity contribution in [3.63, 3.8) is 0 Å². The van der Waals surface area contributed by atoms with Crippen molar-refractivity contribution in [3.05, 3.63) is 34.9 Å². The van der Waals surface area contributed by atoms with Gasteiger partial charge in [-0.05, 0) is 30.7 Å². The average molecular weight is 253 g/mol. The molecule has 0 radical (unpaired) electrons. The zero-order chi connectivity index (χ0) is 12.7. The van der Waals surface area contributed by atoms with Gasteiger partial charge in [0.05, 0.1) is 0 Å². The summed E-state index contributed by atoms with van der Waals surface area (Å²) in [6, 6.07) is 7.18. The van der Waals surface area contributed by atoms with E-state index >= 15 is 0 Å². The number of rotatable bonds is 7.